The van der Waals surface area contributed by atoms with Crippen LogP contribution in [0.2, 0.25) is 0 Å². The molecule has 1 nitrogen and oxygen atoms in total. The van der Waals surface area contributed by atoms with E-state index in [2.05, 4.69) is 235 Å². The Bertz CT molecular complexity index is 3830. The normalized spacial score (nSPS) is 22.3. The molecular weight excluding hydrogens is 903 g/mol. The summed E-state index contributed by atoms with van der Waals surface area (Å²) in [6.45, 7) is 0. The van der Waals surface area contributed by atoms with Gasteiger partial charge in [-0.2, -0.15) is 0 Å². The predicted octanol–water partition coefficient (Wildman–Crippen LogP) is 19.4. The Balaban J connectivity index is 0.974. The van der Waals surface area contributed by atoms with Crippen molar-refractivity contribution >= 4 is 27.8 Å². The third-order valence-corrected chi connectivity index (χ3v) is 19.9. The van der Waals surface area contributed by atoms with Gasteiger partial charge in [-0.15, -0.1) is 0 Å². The van der Waals surface area contributed by atoms with E-state index in [0.29, 0.717) is 11.8 Å². The molecule has 5 fully saturated rings. The Hall–Kier alpha value is -7.74. The fraction of sp³-hybridized carbons (Fsp3) is 0.216. The molecule has 0 heterocycles. The van der Waals surface area contributed by atoms with Gasteiger partial charge in [0.2, 0.25) is 0 Å². The van der Waals surface area contributed by atoms with Crippen LogP contribution in [0.5, 0.6) is 0 Å². The highest BCUT2D eigenvalue weighted by Crippen LogP contribution is 2.73. The lowest BCUT2D eigenvalue weighted by Gasteiger charge is -2.44. The minimum Gasteiger partial charge on any atom is -0.309 e. The van der Waals surface area contributed by atoms with Crippen LogP contribution in [0.25, 0.3) is 55.3 Å². The Morgan fingerprint density at radius 2 is 0.973 bits per heavy atom. The fourth-order valence-electron chi connectivity index (χ4n) is 17.3. The average molecular weight is 964 g/mol. The van der Waals surface area contributed by atoms with E-state index in [1.54, 1.807) is 11.1 Å². The van der Waals surface area contributed by atoms with E-state index < -0.39 is 5.41 Å². The minimum absolute atomic E-state index is 0.0907. The molecule has 10 aromatic rings. The van der Waals surface area contributed by atoms with Gasteiger partial charge in [-0.3, -0.25) is 0 Å². The minimum atomic E-state index is -0.539. The van der Waals surface area contributed by atoms with Crippen LogP contribution in [0, 0.1) is 23.7 Å². The van der Waals surface area contributed by atoms with Gasteiger partial charge in [-0.1, -0.05) is 226 Å². The molecule has 0 radical (unpaired) electrons. The summed E-state index contributed by atoms with van der Waals surface area (Å²) in [5, 5.41) is 2.73. The quantitative estimate of drug-likeness (QED) is 0.147. The van der Waals surface area contributed by atoms with Crippen LogP contribution in [0.3, 0.4) is 0 Å². The summed E-state index contributed by atoms with van der Waals surface area (Å²) < 4.78 is 0. The van der Waals surface area contributed by atoms with Crippen molar-refractivity contribution in [2.24, 2.45) is 23.7 Å². The van der Waals surface area contributed by atoms with E-state index in [0.717, 1.165) is 17.8 Å². The highest BCUT2D eigenvalue weighted by atomic mass is 15.2. The van der Waals surface area contributed by atoms with Crippen molar-refractivity contribution in [3.8, 4) is 44.5 Å². The van der Waals surface area contributed by atoms with E-state index in [-0.39, 0.29) is 5.41 Å². The maximum absolute atomic E-state index is 2.69. The van der Waals surface area contributed by atoms with Gasteiger partial charge in [0.1, 0.15) is 0 Å². The van der Waals surface area contributed by atoms with Crippen LogP contribution < -0.4 is 4.90 Å². The van der Waals surface area contributed by atoms with Crippen LogP contribution in [-0.2, 0) is 10.8 Å². The number of hydrogen-bond acceptors (Lipinski definition) is 1. The molecule has 17 rings (SSSR count). The number of nitrogens with zero attached hydrogens (tertiary/aromatic N) is 1. The van der Waals surface area contributed by atoms with E-state index in [9.17, 15) is 0 Å². The zero-order valence-corrected chi connectivity index (χ0v) is 42.6. The van der Waals surface area contributed by atoms with Crippen LogP contribution in [-0.4, -0.2) is 0 Å². The van der Waals surface area contributed by atoms with Crippen molar-refractivity contribution in [2.75, 3.05) is 4.90 Å². The van der Waals surface area contributed by atoms with Crippen LogP contribution in [0.15, 0.2) is 231 Å². The molecule has 7 aliphatic carbocycles. The van der Waals surface area contributed by atoms with Crippen molar-refractivity contribution in [3.63, 3.8) is 0 Å². The lowest BCUT2D eigenvalue weighted by Crippen LogP contribution is -2.40. The standard InChI is InChI=1S/C74H61N/c1-4-21-49(22-5-1)57-33-18-23-50-24-19-34-61(71(50)57)60-31-13-17-39-69(60)75(70-40-20-37-65-72(70)62-32-11-15-36-64(62)73(65,53-25-6-2-7-26-53)54-27-8-3-9-28-54)68-38-16-12-29-56(68)51-41-42-59-58-30-10-14-35-63(58)74(67(59)47-51)55-44-48-43-52(46-55)66(74)45-48/h2-3,6-20,23-42,47-49,52,55,66H,1,4-5,21-22,43-46H2. The SMILES string of the molecule is c1ccc(C2(c3ccccc3)c3ccccc3-c3c(N(c4ccccc4-c4ccc5c(c4)C4(c6ccccc6-5)C5CC6CC(C5)C4C6)c4ccccc4-c4cccc5cccc(C6CCCCC6)c45)cccc32)cc1. The monoisotopic (exact) mass is 963 g/mol. The summed E-state index contributed by atoms with van der Waals surface area (Å²) >= 11 is 0. The first-order valence-electron chi connectivity index (χ1n) is 28.3. The molecule has 0 amide bonds. The van der Waals surface area contributed by atoms with Gasteiger partial charge in [0.25, 0.3) is 0 Å². The number of anilines is 3. The molecular formula is C74H61N. The maximum Gasteiger partial charge on any atom is 0.0714 e. The lowest BCUT2D eigenvalue weighted by atomic mass is 9.59. The second-order valence-corrected chi connectivity index (χ2v) is 23.2. The summed E-state index contributed by atoms with van der Waals surface area (Å²) in [5.74, 6) is 3.73. The molecule has 5 unspecified atom stereocenters. The molecule has 10 aromatic carbocycles. The van der Waals surface area contributed by atoms with Gasteiger partial charge in [0.05, 0.1) is 22.5 Å². The third-order valence-electron chi connectivity index (χ3n) is 19.9. The lowest BCUT2D eigenvalue weighted by molar-refractivity contribution is 0.191. The second-order valence-electron chi connectivity index (χ2n) is 23.2. The molecule has 0 saturated heterocycles. The zero-order valence-electron chi connectivity index (χ0n) is 42.6. The Morgan fingerprint density at radius 1 is 0.387 bits per heavy atom. The Labute approximate surface area is 442 Å². The summed E-state index contributed by atoms with van der Waals surface area (Å²) in [4.78, 5) is 2.69. The molecule has 1 heteroatoms. The van der Waals surface area contributed by atoms with Crippen molar-refractivity contribution in [3.05, 3.63) is 269 Å². The van der Waals surface area contributed by atoms with Crippen molar-refractivity contribution in [2.45, 2.75) is 74.5 Å². The highest BCUT2D eigenvalue weighted by molar-refractivity contribution is 6.06. The number of para-hydroxylation sites is 2. The molecule has 5 atom stereocenters. The van der Waals surface area contributed by atoms with Gasteiger partial charge >= 0.3 is 0 Å². The molecule has 0 N–H and O–H groups in total. The smallest absolute Gasteiger partial charge is 0.0714 e. The molecule has 0 aromatic heterocycles. The van der Waals surface area contributed by atoms with E-state index in [1.165, 1.54) is 158 Å². The summed E-state index contributed by atoms with van der Waals surface area (Å²) in [6, 6.07) is 89.2. The van der Waals surface area contributed by atoms with Gasteiger partial charge < -0.3 is 4.90 Å². The third kappa shape index (κ3) is 6.13. The number of benzene rings is 10. The molecule has 4 bridgehead atoms. The van der Waals surface area contributed by atoms with E-state index in [1.807, 2.05) is 0 Å². The van der Waals surface area contributed by atoms with Crippen molar-refractivity contribution in [1.29, 1.82) is 0 Å². The fourth-order valence-corrected chi connectivity index (χ4v) is 17.3. The first-order chi connectivity index (χ1) is 37.2. The van der Waals surface area contributed by atoms with Gasteiger partial charge in [-0.05, 0) is 170 Å². The van der Waals surface area contributed by atoms with Crippen molar-refractivity contribution < 1.29 is 0 Å². The maximum atomic E-state index is 2.69. The average Bonchev–Trinajstić information content (AvgIpc) is 4.16. The zero-order chi connectivity index (χ0) is 49.2. The highest BCUT2D eigenvalue weighted by Gasteiger charge is 2.66. The predicted molar refractivity (Wildman–Crippen MR) is 311 cm³/mol. The molecule has 1 spiro atoms. The number of rotatable bonds is 8. The van der Waals surface area contributed by atoms with Crippen molar-refractivity contribution in [1.82, 2.24) is 0 Å². The number of fused-ring (bicyclic) bond motifs is 7. The van der Waals surface area contributed by atoms with Crippen LogP contribution >= 0.6 is 0 Å². The Morgan fingerprint density at radius 3 is 1.73 bits per heavy atom. The molecule has 5 saturated carbocycles. The molecule has 75 heavy (non-hydrogen) atoms. The van der Waals surface area contributed by atoms with Gasteiger partial charge in [0, 0.05) is 22.1 Å². The summed E-state index contributed by atoms with van der Waals surface area (Å²) in [6.07, 6.45) is 12.0. The van der Waals surface area contributed by atoms with Crippen LogP contribution in [0.4, 0.5) is 17.1 Å². The molecule has 7 aliphatic rings. The Kier molecular flexibility index (Phi) is 9.83. The topological polar surface area (TPSA) is 3.24 Å². The molecule has 0 aliphatic heterocycles. The largest absolute Gasteiger partial charge is 0.309 e. The second kappa shape index (κ2) is 16.9. The first kappa shape index (κ1) is 43.6. The molecule has 362 valence electrons. The summed E-state index contributed by atoms with van der Waals surface area (Å²) in [7, 11) is 0. The van der Waals surface area contributed by atoms with Gasteiger partial charge in [-0.25, -0.2) is 0 Å². The van der Waals surface area contributed by atoms with E-state index >= 15 is 0 Å². The number of hydrogen-bond donors (Lipinski definition) is 0. The summed E-state index contributed by atoms with van der Waals surface area (Å²) in [5.41, 5.74) is 23.7. The van der Waals surface area contributed by atoms with Gasteiger partial charge in [0.15, 0.2) is 0 Å². The first-order valence-corrected chi connectivity index (χ1v) is 28.3. The van der Waals surface area contributed by atoms with E-state index in [4.69, 9.17) is 0 Å². The van der Waals surface area contributed by atoms with Crippen LogP contribution in [0.1, 0.15) is 103 Å².